The minimum atomic E-state index is -1.86. The fourth-order valence-corrected chi connectivity index (χ4v) is 5.49. The third-order valence-corrected chi connectivity index (χ3v) is 7.00. The van der Waals surface area contributed by atoms with E-state index in [0.717, 1.165) is 39.5 Å². The van der Waals surface area contributed by atoms with Crippen LogP contribution in [-0.2, 0) is 5.60 Å². The Morgan fingerprint density at radius 2 is 0.737 bits per heavy atom. The van der Waals surface area contributed by atoms with Crippen molar-refractivity contribution in [1.29, 1.82) is 0 Å². The molecule has 1 nitrogen and oxygen atoms in total. The topological polar surface area (TPSA) is 20.2 Å². The van der Waals surface area contributed by atoms with Crippen LogP contribution in [0.5, 0.6) is 0 Å². The van der Waals surface area contributed by atoms with Crippen molar-refractivity contribution in [2.75, 3.05) is 0 Å². The van der Waals surface area contributed by atoms with E-state index >= 15 is 0 Å². The number of hydrogen-bond acceptors (Lipinski definition) is 1. The molecule has 0 amide bonds. The van der Waals surface area contributed by atoms with Gasteiger partial charge in [0.1, 0.15) is 17.2 Å². The van der Waals surface area contributed by atoms with Crippen molar-refractivity contribution in [3.05, 3.63) is 179 Å². The summed E-state index contributed by atoms with van der Waals surface area (Å²) in [6.45, 7) is 0. The quantitative estimate of drug-likeness (QED) is 0.258. The first-order valence-corrected chi connectivity index (χ1v) is 12.5. The lowest BCUT2D eigenvalue weighted by Crippen LogP contribution is -2.28. The molecule has 0 atom stereocenters. The van der Waals surface area contributed by atoms with E-state index in [2.05, 4.69) is 0 Å². The van der Waals surface area contributed by atoms with Crippen LogP contribution < -0.4 is 0 Å². The van der Waals surface area contributed by atoms with Gasteiger partial charge in [0.2, 0.25) is 0 Å². The molecule has 0 heterocycles. The Balaban J connectivity index is 1.84. The van der Waals surface area contributed by atoms with Crippen molar-refractivity contribution in [3.63, 3.8) is 0 Å². The number of aliphatic hydroxyl groups is 1. The monoisotopic (exact) mass is 498 g/mol. The number of rotatable bonds is 5. The van der Waals surface area contributed by atoms with Gasteiger partial charge in [0.15, 0.2) is 0 Å². The zero-order valence-electron chi connectivity index (χ0n) is 20.5. The van der Waals surface area contributed by atoms with Gasteiger partial charge in [-0.3, -0.25) is 0 Å². The summed E-state index contributed by atoms with van der Waals surface area (Å²) >= 11 is 0. The molecule has 184 valence electrons. The smallest absolute Gasteiger partial charge is 0.143 e. The van der Waals surface area contributed by atoms with Crippen LogP contribution >= 0.6 is 0 Å². The molecule has 0 bridgehead atoms. The molecule has 38 heavy (non-hydrogen) atoms. The Kier molecular flexibility index (Phi) is 6.07. The summed E-state index contributed by atoms with van der Waals surface area (Å²) in [5, 5.41) is 13.1. The molecule has 5 aromatic rings. The van der Waals surface area contributed by atoms with Gasteiger partial charge in [0.05, 0.1) is 0 Å². The Labute approximate surface area is 220 Å². The van der Waals surface area contributed by atoms with Crippen LogP contribution in [0.15, 0.2) is 140 Å². The Bertz CT molecular complexity index is 1540. The molecule has 5 aromatic carbocycles. The van der Waals surface area contributed by atoms with Gasteiger partial charge in [-0.25, -0.2) is 8.78 Å². The fraction of sp³-hybridized carbons (Fsp3) is 0.0286. The van der Waals surface area contributed by atoms with E-state index in [4.69, 9.17) is 0 Å². The molecule has 1 aliphatic rings. The SMILES string of the molecule is OC1(c2cc(F)cc(F)c2)C(c2ccccc2)=C(c2ccccc2)C(c2ccccc2)=C1c1ccccc1. The van der Waals surface area contributed by atoms with Crippen LogP contribution in [0.2, 0.25) is 0 Å². The van der Waals surface area contributed by atoms with E-state index in [0.29, 0.717) is 11.1 Å². The standard InChI is InChI=1S/C35H24F2O/c36-29-21-28(22-30(37)23-29)35(38)33(26-17-9-3-10-18-26)31(24-13-5-1-6-14-24)32(25-15-7-2-8-16-25)34(35)27-19-11-4-12-20-27/h1-23,38H. The fourth-order valence-electron chi connectivity index (χ4n) is 5.49. The normalized spacial score (nSPS) is 14.7. The van der Waals surface area contributed by atoms with E-state index in [-0.39, 0.29) is 5.56 Å². The van der Waals surface area contributed by atoms with Gasteiger partial charge < -0.3 is 5.11 Å². The summed E-state index contributed by atoms with van der Waals surface area (Å²) in [6.07, 6.45) is 0. The number of hydrogen-bond donors (Lipinski definition) is 1. The molecule has 1 aliphatic carbocycles. The molecule has 0 spiro atoms. The van der Waals surface area contributed by atoms with Gasteiger partial charge in [-0.15, -0.1) is 0 Å². The van der Waals surface area contributed by atoms with Gasteiger partial charge in [-0.05, 0) is 51.1 Å². The van der Waals surface area contributed by atoms with Gasteiger partial charge in [-0.1, -0.05) is 121 Å². The lowest BCUT2D eigenvalue weighted by Gasteiger charge is -2.32. The molecule has 3 heteroatoms. The first-order chi connectivity index (χ1) is 18.6. The highest BCUT2D eigenvalue weighted by atomic mass is 19.1. The molecular weight excluding hydrogens is 474 g/mol. The van der Waals surface area contributed by atoms with E-state index < -0.39 is 17.2 Å². The zero-order chi connectivity index (χ0) is 26.1. The molecule has 0 saturated carbocycles. The van der Waals surface area contributed by atoms with E-state index in [1.807, 2.05) is 121 Å². The maximum atomic E-state index is 14.8. The number of allylic oxidation sites excluding steroid dienone is 2. The molecule has 0 fully saturated rings. The van der Waals surface area contributed by atoms with Gasteiger partial charge >= 0.3 is 0 Å². The van der Waals surface area contributed by atoms with E-state index in [1.165, 1.54) is 12.1 Å². The molecular formula is C35H24F2O. The third kappa shape index (κ3) is 3.98. The predicted molar refractivity (Wildman–Crippen MR) is 150 cm³/mol. The molecule has 0 unspecified atom stereocenters. The van der Waals surface area contributed by atoms with Crippen LogP contribution in [0.25, 0.3) is 22.3 Å². The van der Waals surface area contributed by atoms with Crippen molar-refractivity contribution in [3.8, 4) is 0 Å². The average molecular weight is 499 g/mol. The second-order valence-corrected chi connectivity index (χ2v) is 9.33. The van der Waals surface area contributed by atoms with Crippen LogP contribution in [0, 0.1) is 11.6 Å². The average Bonchev–Trinajstić information content (AvgIpc) is 3.24. The van der Waals surface area contributed by atoms with E-state index in [9.17, 15) is 13.9 Å². The predicted octanol–water partition coefficient (Wildman–Crippen LogP) is 8.39. The van der Waals surface area contributed by atoms with E-state index in [1.54, 1.807) is 0 Å². The largest absolute Gasteiger partial charge is 0.376 e. The molecule has 0 radical (unpaired) electrons. The summed E-state index contributed by atoms with van der Waals surface area (Å²) in [4.78, 5) is 0. The summed E-state index contributed by atoms with van der Waals surface area (Å²) in [6, 6.07) is 42.1. The molecule has 6 rings (SSSR count). The molecule has 0 aliphatic heterocycles. The second kappa shape index (κ2) is 9.70. The minimum absolute atomic E-state index is 0.132. The van der Waals surface area contributed by atoms with Gasteiger partial charge in [-0.2, -0.15) is 0 Å². The van der Waals surface area contributed by atoms with Crippen molar-refractivity contribution in [1.82, 2.24) is 0 Å². The zero-order valence-corrected chi connectivity index (χ0v) is 20.5. The molecule has 0 saturated heterocycles. The van der Waals surface area contributed by atoms with Crippen molar-refractivity contribution < 1.29 is 13.9 Å². The Morgan fingerprint density at radius 1 is 0.421 bits per heavy atom. The van der Waals surface area contributed by atoms with Crippen molar-refractivity contribution in [2.24, 2.45) is 0 Å². The minimum Gasteiger partial charge on any atom is -0.376 e. The third-order valence-electron chi connectivity index (χ3n) is 7.00. The number of benzene rings is 5. The van der Waals surface area contributed by atoms with Crippen LogP contribution in [0.1, 0.15) is 27.8 Å². The highest BCUT2D eigenvalue weighted by Gasteiger charge is 2.49. The lowest BCUT2D eigenvalue weighted by molar-refractivity contribution is 0.166. The van der Waals surface area contributed by atoms with Crippen molar-refractivity contribution in [2.45, 2.75) is 5.60 Å². The Hall–Kier alpha value is -4.60. The highest BCUT2D eigenvalue weighted by Crippen LogP contribution is 2.60. The number of halogens is 2. The summed E-state index contributed by atoms with van der Waals surface area (Å²) in [5.41, 5.74) is 4.37. The first-order valence-electron chi connectivity index (χ1n) is 12.5. The lowest BCUT2D eigenvalue weighted by atomic mass is 9.76. The maximum Gasteiger partial charge on any atom is 0.143 e. The summed E-state index contributed by atoms with van der Waals surface area (Å²) < 4.78 is 29.5. The van der Waals surface area contributed by atoms with Crippen LogP contribution in [0.3, 0.4) is 0 Å². The van der Waals surface area contributed by atoms with Crippen molar-refractivity contribution >= 4 is 22.3 Å². The van der Waals surface area contributed by atoms with Gasteiger partial charge in [0.25, 0.3) is 0 Å². The first kappa shape index (κ1) is 23.8. The summed E-state index contributed by atoms with van der Waals surface area (Å²) in [7, 11) is 0. The molecule has 1 N–H and O–H groups in total. The van der Waals surface area contributed by atoms with Gasteiger partial charge in [0, 0.05) is 17.2 Å². The van der Waals surface area contributed by atoms with Crippen LogP contribution in [-0.4, -0.2) is 5.11 Å². The van der Waals surface area contributed by atoms with Crippen LogP contribution in [0.4, 0.5) is 8.78 Å². The summed E-state index contributed by atoms with van der Waals surface area (Å²) in [5.74, 6) is -1.50. The maximum absolute atomic E-state index is 14.8. The molecule has 0 aromatic heterocycles. The Morgan fingerprint density at radius 3 is 1.08 bits per heavy atom. The highest BCUT2D eigenvalue weighted by molar-refractivity contribution is 6.30. The second-order valence-electron chi connectivity index (χ2n) is 9.33.